The molecule has 2 aliphatic rings. The van der Waals surface area contributed by atoms with Crippen LogP contribution in [0.25, 0.3) is 0 Å². The maximum atomic E-state index is 13.0. The molecule has 2 aromatic rings. The first-order valence-electron chi connectivity index (χ1n) is 8.49. The zero-order chi connectivity index (χ0) is 17.1. The van der Waals surface area contributed by atoms with Crippen LogP contribution in [0.1, 0.15) is 24.1 Å². The third-order valence-corrected chi connectivity index (χ3v) is 4.44. The number of benzene rings is 1. The number of aromatic nitrogens is 1. The van der Waals surface area contributed by atoms with E-state index in [1.165, 1.54) is 0 Å². The fourth-order valence-corrected chi connectivity index (χ4v) is 3.20. The third-order valence-electron chi connectivity index (χ3n) is 4.44. The van der Waals surface area contributed by atoms with Crippen molar-refractivity contribution in [3.63, 3.8) is 0 Å². The fraction of sp³-hybridized carbons (Fsp3) is 0.368. The van der Waals surface area contributed by atoms with Crippen molar-refractivity contribution in [1.82, 2.24) is 9.88 Å². The molecule has 1 atom stereocenters. The zero-order valence-corrected chi connectivity index (χ0v) is 13.9. The van der Waals surface area contributed by atoms with Crippen LogP contribution in [0.3, 0.4) is 0 Å². The van der Waals surface area contributed by atoms with Crippen LogP contribution >= 0.6 is 0 Å². The standard InChI is InChI=1S/C19H20N2O4/c22-19(17-8-4-10-23-17)21(12-15-6-1-2-9-20-15)11-14-5-3-7-16-18(14)25-13-24-16/h1-3,5-7,9,17H,4,8,10-13H2/t17-/m1/s1. The molecule has 0 N–H and O–H groups in total. The number of nitrogens with zero attached hydrogens (tertiary/aromatic N) is 2. The van der Waals surface area contributed by atoms with E-state index in [9.17, 15) is 4.79 Å². The molecule has 0 saturated carbocycles. The lowest BCUT2D eigenvalue weighted by molar-refractivity contribution is -0.142. The highest BCUT2D eigenvalue weighted by Crippen LogP contribution is 2.36. The highest BCUT2D eigenvalue weighted by Gasteiger charge is 2.30. The van der Waals surface area contributed by atoms with Gasteiger partial charge in [-0.1, -0.05) is 18.2 Å². The summed E-state index contributed by atoms with van der Waals surface area (Å²) in [7, 11) is 0. The predicted molar refractivity (Wildman–Crippen MR) is 90.0 cm³/mol. The van der Waals surface area contributed by atoms with Gasteiger partial charge in [-0.25, -0.2) is 0 Å². The zero-order valence-electron chi connectivity index (χ0n) is 13.9. The Morgan fingerprint density at radius 2 is 2.12 bits per heavy atom. The highest BCUT2D eigenvalue weighted by molar-refractivity contribution is 5.81. The Morgan fingerprint density at radius 1 is 1.16 bits per heavy atom. The highest BCUT2D eigenvalue weighted by atomic mass is 16.7. The molecule has 3 heterocycles. The van der Waals surface area contributed by atoms with Crippen molar-refractivity contribution in [2.45, 2.75) is 32.0 Å². The van der Waals surface area contributed by atoms with Crippen molar-refractivity contribution in [3.05, 3.63) is 53.9 Å². The van der Waals surface area contributed by atoms with E-state index in [4.69, 9.17) is 14.2 Å². The SMILES string of the molecule is O=C([C@H]1CCCO1)N(Cc1ccccn1)Cc1cccc2c1OCO2. The summed E-state index contributed by atoms with van der Waals surface area (Å²) in [5, 5.41) is 0. The number of para-hydroxylation sites is 1. The molecule has 0 spiro atoms. The van der Waals surface area contributed by atoms with Gasteiger partial charge in [-0.05, 0) is 31.0 Å². The van der Waals surface area contributed by atoms with Gasteiger partial charge in [0, 0.05) is 24.9 Å². The smallest absolute Gasteiger partial charge is 0.252 e. The number of amides is 1. The molecule has 0 aliphatic carbocycles. The first-order valence-corrected chi connectivity index (χ1v) is 8.49. The van der Waals surface area contributed by atoms with E-state index in [1.807, 2.05) is 36.4 Å². The summed E-state index contributed by atoms with van der Waals surface area (Å²) >= 11 is 0. The van der Waals surface area contributed by atoms with Gasteiger partial charge in [0.05, 0.1) is 12.2 Å². The van der Waals surface area contributed by atoms with Crippen LogP contribution in [0, 0.1) is 0 Å². The van der Waals surface area contributed by atoms with Crippen molar-refractivity contribution in [3.8, 4) is 11.5 Å². The lowest BCUT2D eigenvalue weighted by Crippen LogP contribution is -2.38. The van der Waals surface area contributed by atoms with E-state index >= 15 is 0 Å². The van der Waals surface area contributed by atoms with Crippen molar-refractivity contribution in [2.24, 2.45) is 0 Å². The number of ether oxygens (including phenoxy) is 3. The lowest BCUT2D eigenvalue weighted by atomic mass is 10.1. The lowest BCUT2D eigenvalue weighted by Gasteiger charge is -2.25. The molecule has 1 amide bonds. The van der Waals surface area contributed by atoms with Gasteiger partial charge in [0.25, 0.3) is 5.91 Å². The molecule has 1 aromatic heterocycles. The van der Waals surface area contributed by atoms with Crippen molar-refractivity contribution in [1.29, 1.82) is 0 Å². The van der Waals surface area contributed by atoms with Crippen molar-refractivity contribution >= 4 is 5.91 Å². The second kappa shape index (κ2) is 7.11. The number of hydrogen-bond acceptors (Lipinski definition) is 5. The Balaban J connectivity index is 1.58. The second-order valence-corrected chi connectivity index (χ2v) is 6.17. The molecule has 1 fully saturated rings. The molecule has 4 rings (SSSR count). The second-order valence-electron chi connectivity index (χ2n) is 6.17. The van der Waals surface area contributed by atoms with Crippen LogP contribution in [0.15, 0.2) is 42.6 Å². The third kappa shape index (κ3) is 3.44. The molecular weight excluding hydrogens is 320 g/mol. The quantitative estimate of drug-likeness (QED) is 0.837. The summed E-state index contributed by atoms with van der Waals surface area (Å²) in [6.45, 7) is 1.73. The van der Waals surface area contributed by atoms with Gasteiger partial charge in [0.2, 0.25) is 6.79 Å². The number of rotatable bonds is 5. The molecule has 2 aliphatic heterocycles. The van der Waals surface area contributed by atoms with E-state index in [2.05, 4.69) is 4.98 Å². The Kier molecular flexibility index (Phi) is 4.52. The molecule has 130 valence electrons. The van der Waals surface area contributed by atoms with Gasteiger partial charge < -0.3 is 19.1 Å². The van der Waals surface area contributed by atoms with E-state index in [-0.39, 0.29) is 18.8 Å². The number of fused-ring (bicyclic) bond motifs is 1. The average Bonchev–Trinajstić information content (AvgIpc) is 3.33. The number of carbonyl (C=O) groups is 1. The summed E-state index contributed by atoms with van der Waals surface area (Å²) in [5.74, 6) is 1.44. The largest absolute Gasteiger partial charge is 0.454 e. The topological polar surface area (TPSA) is 60.9 Å². The first kappa shape index (κ1) is 15.9. The van der Waals surface area contributed by atoms with Crippen molar-refractivity contribution < 1.29 is 19.0 Å². The summed E-state index contributed by atoms with van der Waals surface area (Å²) in [5.41, 5.74) is 1.77. The van der Waals surface area contributed by atoms with Gasteiger partial charge in [0.15, 0.2) is 11.5 Å². The van der Waals surface area contributed by atoms with Crippen LogP contribution in [0.2, 0.25) is 0 Å². The fourth-order valence-electron chi connectivity index (χ4n) is 3.20. The number of pyridine rings is 1. The van der Waals surface area contributed by atoms with Crippen LogP contribution in [0.4, 0.5) is 0 Å². The van der Waals surface area contributed by atoms with E-state index in [0.717, 1.165) is 29.8 Å². The van der Waals surface area contributed by atoms with E-state index < -0.39 is 0 Å². The number of carbonyl (C=O) groups excluding carboxylic acids is 1. The molecule has 0 radical (unpaired) electrons. The minimum absolute atomic E-state index is 0.000304. The predicted octanol–water partition coefficient (Wildman–Crippen LogP) is 2.52. The molecule has 0 bridgehead atoms. The van der Waals surface area contributed by atoms with Gasteiger partial charge in [-0.2, -0.15) is 0 Å². The summed E-state index contributed by atoms with van der Waals surface area (Å²) in [6, 6.07) is 11.5. The molecule has 0 unspecified atom stereocenters. The Bertz CT molecular complexity index is 744. The maximum absolute atomic E-state index is 13.0. The normalized spacial score (nSPS) is 18.3. The Morgan fingerprint density at radius 3 is 2.92 bits per heavy atom. The summed E-state index contributed by atoms with van der Waals surface area (Å²) in [4.78, 5) is 19.1. The monoisotopic (exact) mass is 340 g/mol. The minimum Gasteiger partial charge on any atom is -0.454 e. The molecule has 25 heavy (non-hydrogen) atoms. The average molecular weight is 340 g/mol. The summed E-state index contributed by atoms with van der Waals surface area (Å²) in [6.07, 6.45) is 3.06. The van der Waals surface area contributed by atoms with Gasteiger partial charge in [-0.15, -0.1) is 0 Å². The van der Waals surface area contributed by atoms with Gasteiger partial charge >= 0.3 is 0 Å². The molecular formula is C19H20N2O4. The Hall–Kier alpha value is -2.60. The molecule has 6 nitrogen and oxygen atoms in total. The first-order chi connectivity index (χ1) is 12.3. The van der Waals surface area contributed by atoms with Crippen LogP contribution in [-0.2, 0) is 22.6 Å². The summed E-state index contributed by atoms with van der Waals surface area (Å²) < 4.78 is 16.6. The van der Waals surface area contributed by atoms with Gasteiger partial charge in [0.1, 0.15) is 6.10 Å². The van der Waals surface area contributed by atoms with Crippen LogP contribution in [0.5, 0.6) is 11.5 Å². The number of hydrogen-bond donors (Lipinski definition) is 0. The maximum Gasteiger partial charge on any atom is 0.252 e. The van der Waals surface area contributed by atoms with Gasteiger partial charge in [-0.3, -0.25) is 9.78 Å². The molecule has 1 aromatic carbocycles. The molecule has 6 heteroatoms. The Labute approximate surface area is 146 Å². The minimum atomic E-state index is -0.363. The molecule has 1 saturated heterocycles. The van der Waals surface area contributed by atoms with Crippen LogP contribution < -0.4 is 9.47 Å². The van der Waals surface area contributed by atoms with Crippen molar-refractivity contribution in [2.75, 3.05) is 13.4 Å². The van der Waals surface area contributed by atoms with E-state index in [0.29, 0.717) is 25.4 Å². The van der Waals surface area contributed by atoms with E-state index in [1.54, 1.807) is 11.1 Å². The van der Waals surface area contributed by atoms with Crippen LogP contribution in [-0.4, -0.2) is 35.3 Å².